The summed E-state index contributed by atoms with van der Waals surface area (Å²) in [6, 6.07) is 0. The molecule has 0 aromatic heterocycles. The minimum absolute atomic E-state index is 0.835. The summed E-state index contributed by atoms with van der Waals surface area (Å²) in [5.74, 6) is 1.74. The molecule has 108 valence electrons. The number of hydrogen-bond acceptors (Lipinski definition) is 3. The Bertz CT molecular complexity index is 193. The van der Waals surface area contributed by atoms with Crippen LogP contribution in [0.1, 0.15) is 40.0 Å². The van der Waals surface area contributed by atoms with Crippen molar-refractivity contribution in [1.29, 1.82) is 0 Å². The smallest absolute Gasteiger partial charge is 0.0593 e. The first kappa shape index (κ1) is 15.9. The predicted molar refractivity (Wildman–Crippen MR) is 78.0 cm³/mol. The lowest BCUT2D eigenvalue weighted by atomic mass is 9.85. The van der Waals surface area contributed by atoms with E-state index in [9.17, 15) is 0 Å². The Labute approximate surface area is 113 Å². The minimum Gasteiger partial charge on any atom is -0.380 e. The fraction of sp³-hybridized carbons (Fsp3) is 1.00. The maximum atomic E-state index is 5.44. The fourth-order valence-electron chi connectivity index (χ4n) is 2.75. The molecule has 0 aromatic carbocycles. The summed E-state index contributed by atoms with van der Waals surface area (Å²) in [5, 5.41) is 3.53. The summed E-state index contributed by atoms with van der Waals surface area (Å²) < 4.78 is 5.44. The third-order valence-corrected chi connectivity index (χ3v) is 4.24. The molecule has 1 N–H and O–H groups in total. The normalized spacial score (nSPS) is 22.3. The van der Waals surface area contributed by atoms with Crippen molar-refractivity contribution in [1.82, 2.24) is 10.2 Å². The Morgan fingerprint density at radius 3 is 2.78 bits per heavy atom. The van der Waals surface area contributed by atoms with E-state index in [0.29, 0.717) is 0 Å². The molecular weight excluding hydrogens is 224 g/mol. The summed E-state index contributed by atoms with van der Waals surface area (Å²) >= 11 is 0. The first-order valence-electron chi connectivity index (χ1n) is 7.78. The van der Waals surface area contributed by atoms with Crippen LogP contribution in [0.5, 0.6) is 0 Å². The van der Waals surface area contributed by atoms with E-state index >= 15 is 0 Å². The topological polar surface area (TPSA) is 24.5 Å². The standard InChI is InChI=1S/C15H32N2O/c1-4-17(11-12-18-5-2)10-8-14(3)15-7-6-9-16-13-15/h14-16H,4-13H2,1-3H3. The van der Waals surface area contributed by atoms with E-state index in [1.54, 1.807) is 0 Å². The monoisotopic (exact) mass is 256 g/mol. The van der Waals surface area contributed by atoms with Gasteiger partial charge in [0.1, 0.15) is 0 Å². The molecule has 1 aliphatic rings. The lowest BCUT2D eigenvalue weighted by Crippen LogP contribution is -2.35. The SMILES string of the molecule is CCOCCN(CC)CCC(C)C1CCCNC1. The van der Waals surface area contributed by atoms with Gasteiger partial charge in [-0.15, -0.1) is 0 Å². The highest BCUT2D eigenvalue weighted by atomic mass is 16.5. The van der Waals surface area contributed by atoms with Crippen LogP contribution in [0.3, 0.4) is 0 Å². The van der Waals surface area contributed by atoms with Crippen molar-refractivity contribution in [3.63, 3.8) is 0 Å². The van der Waals surface area contributed by atoms with Gasteiger partial charge in [-0.1, -0.05) is 13.8 Å². The third-order valence-electron chi connectivity index (χ3n) is 4.24. The lowest BCUT2D eigenvalue weighted by Gasteiger charge is -2.30. The van der Waals surface area contributed by atoms with Crippen LogP contribution in [-0.2, 0) is 4.74 Å². The maximum absolute atomic E-state index is 5.44. The second-order valence-corrected chi connectivity index (χ2v) is 5.50. The van der Waals surface area contributed by atoms with Gasteiger partial charge in [0.05, 0.1) is 6.61 Å². The molecule has 1 saturated heterocycles. The van der Waals surface area contributed by atoms with Gasteiger partial charge in [-0.3, -0.25) is 0 Å². The minimum atomic E-state index is 0.835. The summed E-state index contributed by atoms with van der Waals surface area (Å²) in [5.41, 5.74) is 0. The fourth-order valence-corrected chi connectivity index (χ4v) is 2.75. The molecule has 2 unspecified atom stereocenters. The average Bonchev–Trinajstić information content (AvgIpc) is 2.43. The predicted octanol–water partition coefficient (Wildman–Crippen LogP) is 2.37. The number of piperidine rings is 1. The molecule has 0 spiro atoms. The first-order chi connectivity index (χ1) is 8.77. The first-order valence-corrected chi connectivity index (χ1v) is 7.78. The zero-order valence-electron chi connectivity index (χ0n) is 12.6. The Balaban J connectivity index is 2.15. The zero-order valence-corrected chi connectivity index (χ0v) is 12.6. The molecule has 0 radical (unpaired) electrons. The van der Waals surface area contributed by atoms with Gasteiger partial charge in [-0.2, -0.15) is 0 Å². The molecular formula is C15H32N2O. The number of rotatable bonds is 9. The number of nitrogens with zero attached hydrogens (tertiary/aromatic N) is 1. The van der Waals surface area contributed by atoms with Crippen LogP contribution >= 0.6 is 0 Å². The molecule has 0 aromatic rings. The zero-order chi connectivity index (χ0) is 13.2. The van der Waals surface area contributed by atoms with E-state index in [1.807, 2.05) is 0 Å². The van der Waals surface area contributed by atoms with Crippen LogP contribution in [0.15, 0.2) is 0 Å². The number of nitrogens with one attached hydrogen (secondary N) is 1. The third kappa shape index (κ3) is 6.17. The van der Waals surface area contributed by atoms with Gasteiger partial charge in [0.15, 0.2) is 0 Å². The molecule has 1 fully saturated rings. The molecule has 2 atom stereocenters. The second-order valence-electron chi connectivity index (χ2n) is 5.50. The largest absolute Gasteiger partial charge is 0.380 e. The molecule has 18 heavy (non-hydrogen) atoms. The Hall–Kier alpha value is -0.120. The van der Waals surface area contributed by atoms with Crippen LogP contribution < -0.4 is 5.32 Å². The maximum Gasteiger partial charge on any atom is 0.0593 e. The molecule has 0 amide bonds. The molecule has 0 saturated carbocycles. The second kappa shape index (κ2) is 9.76. The van der Waals surface area contributed by atoms with Gasteiger partial charge >= 0.3 is 0 Å². The van der Waals surface area contributed by atoms with Crippen LogP contribution in [0.25, 0.3) is 0 Å². The lowest BCUT2D eigenvalue weighted by molar-refractivity contribution is 0.110. The number of likely N-dealkylation sites (N-methyl/N-ethyl adjacent to an activating group) is 1. The highest BCUT2D eigenvalue weighted by molar-refractivity contribution is 4.74. The molecule has 3 heteroatoms. The van der Waals surface area contributed by atoms with E-state index in [4.69, 9.17) is 4.74 Å². The molecule has 0 aliphatic carbocycles. The van der Waals surface area contributed by atoms with Gasteiger partial charge in [-0.05, 0) is 64.2 Å². The van der Waals surface area contributed by atoms with Crippen molar-refractivity contribution < 1.29 is 4.74 Å². The highest BCUT2D eigenvalue weighted by Crippen LogP contribution is 2.22. The van der Waals surface area contributed by atoms with Gasteiger partial charge in [0.2, 0.25) is 0 Å². The Kier molecular flexibility index (Phi) is 8.64. The molecule has 1 aliphatic heterocycles. The van der Waals surface area contributed by atoms with E-state index in [1.165, 1.54) is 38.9 Å². The van der Waals surface area contributed by atoms with E-state index in [-0.39, 0.29) is 0 Å². The summed E-state index contributed by atoms with van der Waals surface area (Å²) in [4.78, 5) is 2.52. The van der Waals surface area contributed by atoms with Crippen molar-refractivity contribution >= 4 is 0 Å². The van der Waals surface area contributed by atoms with Crippen molar-refractivity contribution in [2.45, 2.75) is 40.0 Å². The summed E-state index contributed by atoms with van der Waals surface area (Å²) in [7, 11) is 0. The quantitative estimate of drug-likeness (QED) is 0.641. The molecule has 1 rings (SSSR count). The number of ether oxygens (including phenoxy) is 1. The molecule has 3 nitrogen and oxygen atoms in total. The van der Waals surface area contributed by atoms with Crippen LogP contribution in [0.4, 0.5) is 0 Å². The van der Waals surface area contributed by atoms with Crippen LogP contribution in [-0.4, -0.2) is 50.8 Å². The van der Waals surface area contributed by atoms with Crippen molar-refractivity contribution in [2.24, 2.45) is 11.8 Å². The molecule has 1 heterocycles. The van der Waals surface area contributed by atoms with E-state index in [0.717, 1.165) is 38.1 Å². The molecule has 0 bridgehead atoms. The van der Waals surface area contributed by atoms with Gasteiger partial charge in [0.25, 0.3) is 0 Å². The summed E-state index contributed by atoms with van der Waals surface area (Å²) in [6.45, 7) is 14.3. The average molecular weight is 256 g/mol. The van der Waals surface area contributed by atoms with Gasteiger partial charge in [-0.25, -0.2) is 0 Å². The van der Waals surface area contributed by atoms with Crippen molar-refractivity contribution in [2.75, 3.05) is 45.9 Å². The highest BCUT2D eigenvalue weighted by Gasteiger charge is 2.19. The van der Waals surface area contributed by atoms with Crippen molar-refractivity contribution in [3.05, 3.63) is 0 Å². The van der Waals surface area contributed by atoms with Crippen molar-refractivity contribution in [3.8, 4) is 0 Å². The number of hydrogen-bond donors (Lipinski definition) is 1. The van der Waals surface area contributed by atoms with Gasteiger partial charge < -0.3 is 15.0 Å². The Morgan fingerprint density at radius 2 is 2.17 bits per heavy atom. The Morgan fingerprint density at radius 1 is 1.33 bits per heavy atom. The summed E-state index contributed by atoms with van der Waals surface area (Å²) in [6.07, 6.45) is 4.10. The van der Waals surface area contributed by atoms with Crippen LogP contribution in [0, 0.1) is 11.8 Å². The van der Waals surface area contributed by atoms with Gasteiger partial charge in [0, 0.05) is 13.2 Å². The van der Waals surface area contributed by atoms with E-state index < -0.39 is 0 Å². The van der Waals surface area contributed by atoms with Crippen LogP contribution in [0.2, 0.25) is 0 Å². The van der Waals surface area contributed by atoms with E-state index in [2.05, 4.69) is 31.0 Å².